The van der Waals surface area contributed by atoms with Crippen molar-refractivity contribution in [2.24, 2.45) is 5.73 Å². The Morgan fingerprint density at radius 2 is 2.35 bits per heavy atom. The predicted molar refractivity (Wildman–Crippen MR) is 74.5 cm³/mol. The normalized spacial score (nSPS) is 31.4. The minimum atomic E-state index is 0.498. The van der Waals surface area contributed by atoms with Gasteiger partial charge in [0, 0.05) is 25.2 Å². The first-order chi connectivity index (χ1) is 8.36. The number of thioether (sulfide) groups is 1. The molecule has 0 spiro atoms. The van der Waals surface area contributed by atoms with Crippen molar-refractivity contribution in [1.29, 1.82) is 0 Å². The molecule has 2 rings (SSSR count). The summed E-state index contributed by atoms with van der Waals surface area (Å²) in [5, 5.41) is 0. The molecule has 1 heterocycles. The van der Waals surface area contributed by atoms with Crippen LogP contribution in [0, 0.1) is 0 Å². The average Bonchev–Trinajstić information content (AvgIpc) is 2.83. The lowest BCUT2D eigenvalue weighted by atomic mass is 10.0. The summed E-state index contributed by atoms with van der Waals surface area (Å²) in [5.74, 6) is 1.26. The number of hydrogen-bond acceptors (Lipinski definition) is 4. The number of ether oxygens (including phenoxy) is 1. The Morgan fingerprint density at radius 3 is 3.12 bits per heavy atom. The van der Waals surface area contributed by atoms with Gasteiger partial charge in [-0.3, -0.25) is 4.90 Å². The van der Waals surface area contributed by atoms with E-state index in [9.17, 15) is 0 Å². The molecular formula is C13H26N2OS. The first kappa shape index (κ1) is 13.7. The molecule has 4 heteroatoms. The highest BCUT2D eigenvalue weighted by molar-refractivity contribution is 7.98. The Morgan fingerprint density at radius 1 is 1.47 bits per heavy atom. The van der Waals surface area contributed by atoms with Crippen LogP contribution in [0.25, 0.3) is 0 Å². The molecule has 3 atom stereocenters. The van der Waals surface area contributed by atoms with E-state index in [1.165, 1.54) is 37.9 Å². The zero-order chi connectivity index (χ0) is 12.1. The first-order valence-corrected chi connectivity index (χ1v) is 8.32. The average molecular weight is 258 g/mol. The fourth-order valence-electron chi connectivity index (χ4n) is 3.29. The Labute approximate surface area is 109 Å². The third-order valence-electron chi connectivity index (χ3n) is 4.15. The fraction of sp³-hybridized carbons (Fsp3) is 1.00. The summed E-state index contributed by atoms with van der Waals surface area (Å²) >= 11 is 1.94. The largest absolute Gasteiger partial charge is 0.375 e. The number of fused-ring (bicyclic) bond motifs is 1. The highest BCUT2D eigenvalue weighted by Crippen LogP contribution is 2.31. The maximum absolute atomic E-state index is 5.98. The van der Waals surface area contributed by atoms with Crippen LogP contribution < -0.4 is 5.73 Å². The van der Waals surface area contributed by atoms with E-state index in [1.807, 2.05) is 11.8 Å². The van der Waals surface area contributed by atoms with Crippen molar-refractivity contribution in [1.82, 2.24) is 4.90 Å². The van der Waals surface area contributed by atoms with E-state index in [0.717, 1.165) is 19.7 Å². The maximum Gasteiger partial charge on any atom is 0.0731 e. The minimum Gasteiger partial charge on any atom is -0.375 e. The second-order valence-electron chi connectivity index (χ2n) is 5.17. The molecule has 2 N–H and O–H groups in total. The molecule has 1 aliphatic carbocycles. The number of morpholine rings is 1. The zero-order valence-corrected chi connectivity index (χ0v) is 11.8. The number of nitrogens with two attached hydrogens (primary N) is 1. The van der Waals surface area contributed by atoms with Crippen molar-refractivity contribution in [3.63, 3.8) is 0 Å². The molecule has 2 fully saturated rings. The molecule has 3 unspecified atom stereocenters. The Kier molecular flexibility index (Phi) is 5.60. The van der Waals surface area contributed by atoms with E-state index in [4.69, 9.17) is 10.5 Å². The SMILES string of the molecule is CSCCCC(CN)N1CCOC2CCCC21. The zero-order valence-electron chi connectivity index (χ0n) is 10.9. The molecule has 0 aromatic rings. The standard InChI is InChI=1S/C13H26N2OS/c1-17-9-3-4-11(10-14)15-7-8-16-13-6-2-5-12(13)15/h11-13H,2-10,14H2,1H3. The lowest BCUT2D eigenvalue weighted by Gasteiger charge is -2.42. The van der Waals surface area contributed by atoms with Crippen molar-refractivity contribution >= 4 is 11.8 Å². The highest BCUT2D eigenvalue weighted by Gasteiger charge is 2.38. The second-order valence-corrected chi connectivity index (χ2v) is 6.16. The molecule has 1 aliphatic heterocycles. The van der Waals surface area contributed by atoms with Crippen LogP contribution in [-0.2, 0) is 4.74 Å². The van der Waals surface area contributed by atoms with Crippen LogP contribution in [0.1, 0.15) is 32.1 Å². The van der Waals surface area contributed by atoms with Gasteiger partial charge in [0.15, 0.2) is 0 Å². The Bertz CT molecular complexity index is 227. The molecule has 2 aliphatic rings. The maximum atomic E-state index is 5.98. The summed E-state index contributed by atoms with van der Waals surface area (Å²) in [6.07, 6.45) is 9.11. The van der Waals surface area contributed by atoms with Gasteiger partial charge >= 0.3 is 0 Å². The lowest BCUT2D eigenvalue weighted by molar-refractivity contribution is -0.0714. The topological polar surface area (TPSA) is 38.5 Å². The van der Waals surface area contributed by atoms with Gasteiger partial charge in [0.2, 0.25) is 0 Å². The van der Waals surface area contributed by atoms with E-state index in [0.29, 0.717) is 18.2 Å². The van der Waals surface area contributed by atoms with Crippen LogP contribution in [0.4, 0.5) is 0 Å². The van der Waals surface area contributed by atoms with Crippen molar-refractivity contribution in [2.45, 2.75) is 50.3 Å². The van der Waals surface area contributed by atoms with Crippen molar-refractivity contribution in [3.8, 4) is 0 Å². The van der Waals surface area contributed by atoms with Crippen molar-refractivity contribution in [2.75, 3.05) is 31.7 Å². The summed E-state index contributed by atoms with van der Waals surface area (Å²) in [5.41, 5.74) is 5.98. The third kappa shape index (κ3) is 3.37. The van der Waals surface area contributed by atoms with Crippen molar-refractivity contribution in [3.05, 3.63) is 0 Å². The van der Waals surface area contributed by atoms with Crippen molar-refractivity contribution < 1.29 is 4.74 Å². The van der Waals surface area contributed by atoms with Gasteiger partial charge in [0.25, 0.3) is 0 Å². The van der Waals surface area contributed by atoms with E-state index in [1.54, 1.807) is 0 Å². The Hall–Kier alpha value is 0.230. The van der Waals surface area contributed by atoms with Crippen LogP contribution >= 0.6 is 11.8 Å². The summed E-state index contributed by atoms with van der Waals surface area (Å²) in [6, 6.07) is 1.24. The van der Waals surface area contributed by atoms with Gasteiger partial charge in [-0.15, -0.1) is 0 Å². The minimum absolute atomic E-state index is 0.498. The molecule has 3 nitrogen and oxygen atoms in total. The van der Waals surface area contributed by atoms with Gasteiger partial charge in [-0.2, -0.15) is 11.8 Å². The van der Waals surface area contributed by atoms with E-state index < -0.39 is 0 Å². The Balaban J connectivity index is 1.88. The van der Waals surface area contributed by atoms with Crippen LogP contribution in [0.5, 0.6) is 0 Å². The van der Waals surface area contributed by atoms with Gasteiger partial charge < -0.3 is 10.5 Å². The molecule has 1 saturated carbocycles. The summed E-state index contributed by atoms with van der Waals surface area (Å²) in [4.78, 5) is 2.65. The van der Waals surface area contributed by atoms with E-state index in [-0.39, 0.29) is 0 Å². The highest BCUT2D eigenvalue weighted by atomic mass is 32.2. The van der Waals surface area contributed by atoms with E-state index >= 15 is 0 Å². The van der Waals surface area contributed by atoms with Gasteiger partial charge in [0.1, 0.15) is 0 Å². The van der Waals surface area contributed by atoms with Crippen LogP contribution in [0.2, 0.25) is 0 Å². The smallest absolute Gasteiger partial charge is 0.0731 e. The predicted octanol–water partition coefficient (Wildman–Crippen LogP) is 1.71. The summed E-state index contributed by atoms with van der Waals surface area (Å²) in [6.45, 7) is 2.79. The summed E-state index contributed by atoms with van der Waals surface area (Å²) < 4.78 is 5.87. The van der Waals surface area contributed by atoms with Gasteiger partial charge in [-0.05, 0) is 44.1 Å². The number of nitrogens with zero attached hydrogens (tertiary/aromatic N) is 1. The summed E-state index contributed by atoms with van der Waals surface area (Å²) in [7, 11) is 0. The van der Waals surface area contributed by atoms with Crippen LogP contribution in [-0.4, -0.2) is 54.8 Å². The molecule has 17 heavy (non-hydrogen) atoms. The molecule has 0 amide bonds. The molecule has 0 bridgehead atoms. The van der Waals surface area contributed by atoms with Gasteiger partial charge in [0.05, 0.1) is 12.7 Å². The molecule has 0 radical (unpaired) electrons. The van der Waals surface area contributed by atoms with Crippen LogP contribution in [0.3, 0.4) is 0 Å². The second kappa shape index (κ2) is 6.98. The lowest BCUT2D eigenvalue weighted by Crippen LogP contribution is -2.55. The molecule has 0 aromatic carbocycles. The van der Waals surface area contributed by atoms with Gasteiger partial charge in [-0.1, -0.05) is 0 Å². The molecular weight excluding hydrogens is 232 g/mol. The quantitative estimate of drug-likeness (QED) is 0.736. The van der Waals surface area contributed by atoms with Crippen LogP contribution in [0.15, 0.2) is 0 Å². The molecule has 0 aromatic heterocycles. The van der Waals surface area contributed by atoms with E-state index in [2.05, 4.69) is 11.2 Å². The number of hydrogen-bond donors (Lipinski definition) is 1. The molecule has 100 valence electrons. The number of rotatable bonds is 6. The van der Waals surface area contributed by atoms with Gasteiger partial charge in [-0.25, -0.2) is 0 Å². The monoisotopic (exact) mass is 258 g/mol. The third-order valence-corrected chi connectivity index (χ3v) is 4.85. The molecule has 1 saturated heterocycles. The fourth-order valence-corrected chi connectivity index (χ4v) is 3.75. The first-order valence-electron chi connectivity index (χ1n) is 6.93.